The Balaban J connectivity index is 1.46. The molecule has 4 rings (SSSR count). The van der Waals surface area contributed by atoms with Crippen molar-refractivity contribution in [3.63, 3.8) is 0 Å². The van der Waals surface area contributed by atoms with Gasteiger partial charge in [-0.2, -0.15) is 4.31 Å². The van der Waals surface area contributed by atoms with Gasteiger partial charge in [0.15, 0.2) is 5.69 Å². The summed E-state index contributed by atoms with van der Waals surface area (Å²) < 4.78 is 28.7. The lowest BCUT2D eigenvalue weighted by atomic mass is 10.2. The minimum absolute atomic E-state index is 0.188. The summed E-state index contributed by atoms with van der Waals surface area (Å²) in [6, 6.07) is 13.9. The molecule has 1 aliphatic heterocycles. The summed E-state index contributed by atoms with van der Waals surface area (Å²) in [6.45, 7) is 4.78. The van der Waals surface area contributed by atoms with Crippen LogP contribution < -0.4 is 0 Å². The Morgan fingerprint density at radius 3 is 2.16 bits per heavy atom. The predicted molar refractivity (Wildman–Crippen MR) is 117 cm³/mol. The van der Waals surface area contributed by atoms with Gasteiger partial charge in [-0.3, -0.25) is 4.79 Å². The molecule has 0 spiro atoms. The highest BCUT2D eigenvalue weighted by Gasteiger charge is 2.32. The third kappa shape index (κ3) is 4.21. The van der Waals surface area contributed by atoms with E-state index in [-0.39, 0.29) is 42.7 Å². The molecule has 8 nitrogen and oxygen atoms in total. The van der Waals surface area contributed by atoms with E-state index in [1.807, 2.05) is 31.2 Å². The van der Waals surface area contributed by atoms with Crippen LogP contribution >= 0.6 is 11.6 Å². The van der Waals surface area contributed by atoms with Crippen molar-refractivity contribution in [1.29, 1.82) is 0 Å². The van der Waals surface area contributed by atoms with Gasteiger partial charge in [0.05, 0.1) is 16.3 Å². The SMILES string of the molecule is Cc1ccc(-n2nnc(C(=O)N3CCN(S(=O)(=O)c4ccc(Cl)cc4)CC3)c2C)cc1. The van der Waals surface area contributed by atoms with Gasteiger partial charge in [-0.05, 0) is 50.2 Å². The van der Waals surface area contributed by atoms with E-state index in [1.165, 1.54) is 16.4 Å². The van der Waals surface area contributed by atoms with Crippen molar-refractivity contribution in [3.8, 4) is 5.69 Å². The molecule has 2 aromatic carbocycles. The van der Waals surface area contributed by atoms with Crippen LogP contribution in [0.2, 0.25) is 5.02 Å². The van der Waals surface area contributed by atoms with Gasteiger partial charge in [0, 0.05) is 31.2 Å². The summed E-state index contributed by atoms with van der Waals surface area (Å²) in [6.07, 6.45) is 0. The first-order valence-corrected chi connectivity index (χ1v) is 11.6. The minimum atomic E-state index is -3.63. The first-order valence-electron chi connectivity index (χ1n) is 9.82. The zero-order chi connectivity index (χ0) is 22.2. The molecule has 10 heteroatoms. The number of hydrogen-bond acceptors (Lipinski definition) is 5. The van der Waals surface area contributed by atoms with Gasteiger partial charge in [0.25, 0.3) is 5.91 Å². The molecule has 2 heterocycles. The first kappa shape index (κ1) is 21.5. The second kappa shape index (κ2) is 8.41. The number of sulfonamides is 1. The molecule has 31 heavy (non-hydrogen) atoms. The lowest BCUT2D eigenvalue weighted by molar-refractivity contribution is 0.0691. The van der Waals surface area contributed by atoms with Crippen molar-refractivity contribution in [2.75, 3.05) is 26.2 Å². The molecule has 1 saturated heterocycles. The maximum atomic E-state index is 13.0. The van der Waals surface area contributed by atoms with Gasteiger partial charge in [-0.25, -0.2) is 13.1 Å². The molecule has 1 aromatic heterocycles. The maximum absolute atomic E-state index is 13.0. The second-order valence-corrected chi connectivity index (χ2v) is 9.80. The Bertz CT molecular complexity index is 1200. The quantitative estimate of drug-likeness (QED) is 0.598. The fourth-order valence-electron chi connectivity index (χ4n) is 3.49. The van der Waals surface area contributed by atoms with Gasteiger partial charge in [-0.15, -0.1) is 5.10 Å². The van der Waals surface area contributed by atoms with Crippen molar-refractivity contribution in [2.45, 2.75) is 18.7 Å². The highest BCUT2D eigenvalue weighted by atomic mass is 35.5. The normalized spacial score (nSPS) is 15.3. The monoisotopic (exact) mass is 459 g/mol. The van der Waals surface area contributed by atoms with Crippen LogP contribution in [0, 0.1) is 13.8 Å². The number of rotatable bonds is 4. The lowest BCUT2D eigenvalue weighted by Gasteiger charge is -2.33. The van der Waals surface area contributed by atoms with E-state index in [2.05, 4.69) is 10.3 Å². The zero-order valence-corrected chi connectivity index (χ0v) is 18.8. The van der Waals surface area contributed by atoms with Crippen molar-refractivity contribution in [2.24, 2.45) is 0 Å². The molecule has 0 radical (unpaired) electrons. The topological polar surface area (TPSA) is 88.4 Å². The molecule has 0 saturated carbocycles. The van der Waals surface area contributed by atoms with E-state index in [0.29, 0.717) is 10.7 Å². The molecule has 1 aliphatic rings. The highest BCUT2D eigenvalue weighted by Crippen LogP contribution is 2.21. The summed E-state index contributed by atoms with van der Waals surface area (Å²) in [5.41, 5.74) is 2.87. The number of halogens is 1. The van der Waals surface area contributed by atoms with E-state index >= 15 is 0 Å². The Labute approximate surface area is 186 Å². The molecule has 1 amide bonds. The molecular formula is C21H22ClN5O3S. The number of amides is 1. The third-order valence-electron chi connectivity index (χ3n) is 5.35. The number of hydrogen-bond donors (Lipinski definition) is 0. The van der Waals surface area contributed by atoms with Gasteiger partial charge >= 0.3 is 0 Å². The number of carbonyl (C=O) groups excluding carboxylic acids is 1. The Kier molecular flexibility index (Phi) is 5.83. The Hall–Kier alpha value is -2.75. The molecule has 162 valence electrons. The standard InChI is InChI=1S/C21H22ClN5O3S/c1-15-3-7-18(8-4-15)27-16(2)20(23-24-27)21(28)25-11-13-26(14-12-25)31(29,30)19-9-5-17(22)6-10-19/h3-10H,11-14H2,1-2H3. The molecule has 0 aliphatic carbocycles. The number of nitrogens with zero attached hydrogens (tertiary/aromatic N) is 5. The van der Waals surface area contributed by atoms with Crippen molar-refractivity contribution in [1.82, 2.24) is 24.2 Å². The Morgan fingerprint density at radius 1 is 0.935 bits per heavy atom. The fraction of sp³-hybridized carbons (Fsp3) is 0.286. The smallest absolute Gasteiger partial charge is 0.276 e. The van der Waals surface area contributed by atoms with Crippen LogP contribution in [0.25, 0.3) is 5.69 Å². The fourth-order valence-corrected chi connectivity index (χ4v) is 5.04. The lowest BCUT2D eigenvalue weighted by Crippen LogP contribution is -2.50. The summed E-state index contributed by atoms with van der Waals surface area (Å²) >= 11 is 5.85. The van der Waals surface area contributed by atoms with Crippen LogP contribution in [0.1, 0.15) is 21.7 Å². The van der Waals surface area contributed by atoms with Gasteiger partial charge in [0.2, 0.25) is 10.0 Å². The number of piperazine rings is 1. The number of carbonyl (C=O) groups is 1. The molecule has 0 N–H and O–H groups in total. The molecular weight excluding hydrogens is 438 g/mol. The van der Waals surface area contributed by atoms with Crippen LogP contribution in [-0.2, 0) is 10.0 Å². The van der Waals surface area contributed by atoms with Crippen LogP contribution in [0.3, 0.4) is 0 Å². The Morgan fingerprint density at radius 2 is 1.55 bits per heavy atom. The van der Waals surface area contributed by atoms with Crippen LogP contribution in [-0.4, -0.2) is 64.7 Å². The highest BCUT2D eigenvalue weighted by molar-refractivity contribution is 7.89. The average Bonchev–Trinajstić information content (AvgIpc) is 3.15. The van der Waals surface area contributed by atoms with Crippen LogP contribution in [0.5, 0.6) is 0 Å². The van der Waals surface area contributed by atoms with Crippen molar-refractivity contribution >= 4 is 27.5 Å². The van der Waals surface area contributed by atoms with Crippen LogP contribution in [0.4, 0.5) is 0 Å². The zero-order valence-electron chi connectivity index (χ0n) is 17.2. The molecule has 0 unspecified atom stereocenters. The van der Waals surface area contributed by atoms with E-state index < -0.39 is 10.0 Å². The van der Waals surface area contributed by atoms with Crippen LogP contribution in [0.15, 0.2) is 53.4 Å². The van der Waals surface area contributed by atoms with Crippen molar-refractivity contribution in [3.05, 3.63) is 70.5 Å². The van der Waals surface area contributed by atoms with Crippen molar-refractivity contribution < 1.29 is 13.2 Å². The van der Waals surface area contributed by atoms with E-state index in [0.717, 1.165) is 11.3 Å². The molecule has 0 atom stereocenters. The number of aryl methyl sites for hydroxylation is 1. The first-order chi connectivity index (χ1) is 14.8. The molecule has 3 aromatic rings. The summed E-state index contributed by atoms with van der Waals surface area (Å²) in [5.74, 6) is -0.251. The second-order valence-electron chi connectivity index (χ2n) is 7.42. The van der Waals surface area contributed by atoms with Gasteiger partial charge in [0.1, 0.15) is 0 Å². The summed E-state index contributed by atoms with van der Waals surface area (Å²) in [5, 5.41) is 8.70. The summed E-state index contributed by atoms with van der Waals surface area (Å²) in [4.78, 5) is 14.8. The number of benzene rings is 2. The average molecular weight is 460 g/mol. The van der Waals surface area contributed by atoms with Gasteiger partial charge in [-0.1, -0.05) is 34.5 Å². The van der Waals surface area contributed by atoms with Gasteiger partial charge < -0.3 is 4.90 Å². The maximum Gasteiger partial charge on any atom is 0.276 e. The van der Waals surface area contributed by atoms with E-state index in [9.17, 15) is 13.2 Å². The largest absolute Gasteiger partial charge is 0.335 e. The van der Waals surface area contributed by atoms with E-state index in [4.69, 9.17) is 11.6 Å². The summed E-state index contributed by atoms with van der Waals surface area (Å²) in [7, 11) is -3.63. The number of aromatic nitrogens is 3. The molecule has 0 bridgehead atoms. The third-order valence-corrected chi connectivity index (χ3v) is 7.52. The van der Waals surface area contributed by atoms with E-state index in [1.54, 1.807) is 28.6 Å². The molecule has 1 fully saturated rings. The predicted octanol–water partition coefficient (Wildman–Crippen LogP) is 2.68. The minimum Gasteiger partial charge on any atom is -0.335 e.